The van der Waals surface area contributed by atoms with Crippen molar-refractivity contribution in [1.82, 2.24) is 0 Å². The van der Waals surface area contributed by atoms with Gasteiger partial charge in [-0.25, -0.2) is 0 Å². The number of rotatable bonds is 10. The number of hydrogen-bond donors (Lipinski definition) is 4. The number of carboxylic acid groups (broad SMARTS) is 1. The monoisotopic (exact) mass is 334 g/mol. The fourth-order valence-electron chi connectivity index (χ4n) is 2.70. The van der Waals surface area contributed by atoms with E-state index in [2.05, 4.69) is 6.92 Å². The molecule has 1 saturated heterocycles. The lowest BCUT2D eigenvalue weighted by Gasteiger charge is -2.40. The van der Waals surface area contributed by atoms with E-state index in [-0.39, 0.29) is 6.42 Å². The Morgan fingerprint density at radius 2 is 1.74 bits per heavy atom. The summed E-state index contributed by atoms with van der Waals surface area (Å²) in [6.45, 7) is 3.69. The maximum absolute atomic E-state index is 11.0. The van der Waals surface area contributed by atoms with Crippen molar-refractivity contribution in [2.24, 2.45) is 0 Å². The molecule has 1 heterocycles. The first-order valence-electron chi connectivity index (χ1n) is 8.43. The second-order valence-electron chi connectivity index (χ2n) is 6.24. The van der Waals surface area contributed by atoms with Crippen molar-refractivity contribution in [3.05, 3.63) is 0 Å². The van der Waals surface area contributed by atoms with E-state index in [9.17, 15) is 20.1 Å². The highest BCUT2D eigenvalue weighted by Gasteiger charge is 2.43. The van der Waals surface area contributed by atoms with Gasteiger partial charge in [-0.1, -0.05) is 39.0 Å². The molecule has 0 aromatic heterocycles. The van der Waals surface area contributed by atoms with E-state index in [1.54, 1.807) is 6.92 Å². The lowest BCUT2D eigenvalue weighted by molar-refractivity contribution is -0.304. The van der Waals surface area contributed by atoms with Gasteiger partial charge < -0.3 is 29.9 Å². The molecule has 0 aliphatic carbocycles. The first-order chi connectivity index (χ1) is 10.9. The summed E-state index contributed by atoms with van der Waals surface area (Å²) < 4.78 is 10.9. The van der Waals surface area contributed by atoms with Gasteiger partial charge in [0.1, 0.15) is 18.3 Å². The Balaban J connectivity index is 2.52. The van der Waals surface area contributed by atoms with Crippen molar-refractivity contribution < 1.29 is 34.7 Å². The molecule has 136 valence electrons. The number of carboxylic acids is 1. The Labute approximate surface area is 137 Å². The van der Waals surface area contributed by atoms with Crippen LogP contribution in [0, 0.1) is 0 Å². The van der Waals surface area contributed by atoms with E-state index in [0.29, 0.717) is 6.42 Å². The third-order valence-electron chi connectivity index (χ3n) is 4.17. The zero-order chi connectivity index (χ0) is 17.4. The maximum Gasteiger partial charge on any atom is 0.305 e. The average molecular weight is 334 g/mol. The van der Waals surface area contributed by atoms with E-state index in [1.807, 2.05) is 0 Å². The van der Waals surface area contributed by atoms with Gasteiger partial charge in [0, 0.05) is 0 Å². The van der Waals surface area contributed by atoms with Gasteiger partial charge in [-0.05, 0) is 13.3 Å². The standard InChI is InChI=1S/C16H30O7/c1-3-4-5-6-7-8-11(9-12(17)18)23-16-15(21)14(20)13(19)10(2)22-16/h10-11,13-16,19-21H,3-9H2,1-2H3,(H,17,18)/t10-,11-,13-,14+,15+,16-/m0/s1. The Morgan fingerprint density at radius 3 is 2.35 bits per heavy atom. The van der Waals surface area contributed by atoms with Gasteiger partial charge in [0.2, 0.25) is 0 Å². The topological polar surface area (TPSA) is 116 Å². The van der Waals surface area contributed by atoms with Crippen LogP contribution in [-0.2, 0) is 14.3 Å². The molecule has 0 saturated carbocycles. The van der Waals surface area contributed by atoms with Crippen LogP contribution in [0.2, 0.25) is 0 Å². The molecule has 7 heteroatoms. The van der Waals surface area contributed by atoms with Crippen LogP contribution in [0.1, 0.15) is 58.8 Å². The predicted molar refractivity (Wildman–Crippen MR) is 82.9 cm³/mol. The Morgan fingerprint density at radius 1 is 1.09 bits per heavy atom. The van der Waals surface area contributed by atoms with Crippen molar-refractivity contribution in [3.8, 4) is 0 Å². The van der Waals surface area contributed by atoms with Crippen LogP contribution in [0.3, 0.4) is 0 Å². The van der Waals surface area contributed by atoms with Gasteiger partial charge in [0.05, 0.1) is 18.6 Å². The predicted octanol–water partition coefficient (Wildman–Crippen LogP) is 1.03. The minimum Gasteiger partial charge on any atom is -0.481 e. The van der Waals surface area contributed by atoms with E-state index in [1.165, 1.54) is 0 Å². The Kier molecular flexibility index (Phi) is 9.01. The summed E-state index contributed by atoms with van der Waals surface area (Å²) in [7, 11) is 0. The lowest BCUT2D eigenvalue weighted by Crippen LogP contribution is -2.58. The lowest BCUT2D eigenvalue weighted by atomic mass is 9.99. The first kappa shape index (κ1) is 20.3. The van der Waals surface area contributed by atoms with Gasteiger partial charge >= 0.3 is 5.97 Å². The van der Waals surface area contributed by atoms with Gasteiger partial charge in [0.15, 0.2) is 6.29 Å². The van der Waals surface area contributed by atoms with Crippen molar-refractivity contribution in [2.45, 2.75) is 95.6 Å². The molecular formula is C16H30O7. The molecule has 4 N–H and O–H groups in total. The van der Waals surface area contributed by atoms with Crippen molar-refractivity contribution >= 4 is 5.97 Å². The molecule has 0 aromatic carbocycles. The smallest absolute Gasteiger partial charge is 0.305 e. The molecule has 0 spiro atoms. The molecule has 0 unspecified atom stereocenters. The molecule has 0 amide bonds. The summed E-state index contributed by atoms with van der Waals surface area (Å²) in [5.74, 6) is -0.984. The second kappa shape index (κ2) is 10.2. The minimum absolute atomic E-state index is 0.187. The molecule has 1 aliphatic heterocycles. The van der Waals surface area contributed by atoms with E-state index >= 15 is 0 Å². The van der Waals surface area contributed by atoms with Gasteiger partial charge in [-0.15, -0.1) is 0 Å². The van der Waals surface area contributed by atoms with E-state index in [4.69, 9.17) is 14.6 Å². The normalized spacial score (nSPS) is 32.7. The molecule has 1 rings (SSSR count). The highest BCUT2D eigenvalue weighted by atomic mass is 16.7. The Hall–Kier alpha value is -0.730. The fraction of sp³-hybridized carbons (Fsp3) is 0.938. The van der Waals surface area contributed by atoms with Crippen LogP contribution in [0.15, 0.2) is 0 Å². The molecule has 0 bridgehead atoms. The molecule has 1 aliphatic rings. The van der Waals surface area contributed by atoms with E-state index < -0.39 is 42.8 Å². The van der Waals surface area contributed by atoms with Gasteiger partial charge in [-0.3, -0.25) is 4.79 Å². The quantitative estimate of drug-likeness (QED) is 0.441. The van der Waals surface area contributed by atoms with Gasteiger partial charge in [0.25, 0.3) is 0 Å². The largest absolute Gasteiger partial charge is 0.481 e. The number of carbonyl (C=O) groups is 1. The molecule has 0 aromatic rings. The second-order valence-corrected chi connectivity index (χ2v) is 6.24. The van der Waals surface area contributed by atoms with Crippen molar-refractivity contribution in [1.29, 1.82) is 0 Å². The number of aliphatic carboxylic acids is 1. The van der Waals surface area contributed by atoms with Crippen molar-refractivity contribution in [2.75, 3.05) is 0 Å². The highest BCUT2D eigenvalue weighted by molar-refractivity contribution is 5.67. The summed E-state index contributed by atoms with van der Waals surface area (Å²) in [5, 5.41) is 38.4. The van der Waals surface area contributed by atoms with Crippen LogP contribution in [0.5, 0.6) is 0 Å². The van der Waals surface area contributed by atoms with Crippen LogP contribution < -0.4 is 0 Å². The van der Waals surface area contributed by atoms with E-state index in [0.717, 1.165) is 32.1 Å². The molecular weight excluding hydrogens is 304 g/mol. The summed E-state index contributed by atoms with van der Waals surface area (Å²) in [5.41, 5.74) is 0. The molecule has 1 fully saturated rings. The summed E-state index contributed by atoms with van der Waals surface area (Å²) in [6.07, 6.45) is -0.829. The number of unbranched alkanes of at least 4 members (excludes halogenated alkanes) is 4. The number of aliphatic hydroxyl groups is 3. The molecule has 7 nitrogen and oxygen atoms in total. The van der Waals surface area contributed by atoms with Crippen LogP contribution in [-0.4, -0.2) is 63.2 Å². The summed E-state index contributed by atoms with van der Waals surface area (Å²) >= 11 is 0. The molecule has 6 atom stereocenters. The number of hydrogen-bond acceptors (Lipinski definition) is 6. The zero-order valence-corrected chi connectivity index (χ0v) is 13.9. The zero-order valence-electron chi connectivity index (χ0n) is 13.9. The summed E-state index contributed by atoms with van der Waals surface area (Å²) in [4.78, 5) is 11.0. The number of aliphatic hydroxyl groups excluding tert-OH is 3. The SMILES string of the molecule is CCCCCCC[C@@H](CC(=O)O)O[C@@H]1O[C@@H](C)[C@H](O)[C@@H](O)[C@H]1O. The highest BCUT2D eigenvalue weighted by Crippen LogP contribution is 2.24. The average Bonchev–Trinajstić information content (AvgIpc) is 2.49. The Bertz CT molecular complexity index is 349. The van der Waals surface area contributed by atoms with Crippen LogP contribution in [0.4, 0.5) is 0 Å². The van der Waals surface area contributed by atoms with Crippen LogP contribution >= 0.6 is 0 Å². The van der Waals surface area contributed by atoms with Crippen molar-refractivity contribution in [3.63, 3.8) is 0 Å². The number of ether oxygens (including phenoxy) is 2. The molecule has 23 heavy (non-hydrogen) atoms. The fourth-order valence-corrected chi connectivity index (χ4v) is 2.70. The summed E-state index contributed by atoms with van der Waals surface area (Å²) in [6, 6.07) is 0. The third-order valence-corrected chi connectivity index (χ3v) is 4.17. The first-order valence-corrected chi connectivity index (χ1v) is 8.43. The minimum atomic E-state index is -1.41. The third kappa shape index (κ3) is 6.73. The maximum atomic E-state index is 11.0. The van der Waals surface area contributed by atoms with Crippen LogP contribution in [0.25, 0.3) is 0 Å². The molecule has 0 radical (unpaired) electrons. The van der Waals surface area contributed by atoms with Gasteiger partial charge in [-0.2, -0.15) is 0 Å².